The summed E-state index contributed by atoms with van der Waals surface area (Å²) in [5.74, 6) is -0.546. The van der Waals surface area contributed by atoms with E-state index < -0.39 is 5.92 Å². The van der Waals surface area contributed by atoms with Gasteiger partial charge in [0.25, 0.3) is 5.91 Å². The van der Waals surface area contributed by atoms with Gasteiger partial charge in [-0.1, -0.05) is 25.3 Å². The first-order valence-electron chi connectivity index (χ1n) is 9.38. The Kier molecular flexibility index (Phi) is 6.86. The summed E-state index contributed by atoms with van der Waals surface area (Å²) in [6.07, 6.45) is 11.3. The van der Waals surface area contributed by atoms with E-state index in [9.17, 15) is 14.4 Å². The van der Waals surface area contributed by atoms with Crippen molar-refractivity contribution in [1.29, 1.82) is 0 Å². The van der Waals surface area contributed by atoms with E-state index in [1.165, 1.54) is 61.8 Å². The second-order valence-electron chi connectivity index (χ2n) is 6.94. The Labute approximate surface area is 162 Å². The maximum absolute atomic E-state index is 12.1. The first-order valence-corrected chi connectivity index (χ1v) is 10.3. The summed E-state index contributed by atoms with van der Waals surface area (Å²) in [5, 5.41) is 8.07. The number of aryl methyl sites for hydroxylation is 1. The fourth-order valence-electron chi connectivity index (χ4n) is 3.23. The van der Waals surface area contributed by atoms with Gasteiger partial charge in [-0.15, -0.1) is 11.3 Å². The van der Waals surface area contributed by atoms with Gasteiger partial charge in [-0.25, -0.2) is 9.98 Å². The topological polar surface area (TPSA) is 101 Å². The molecule has 144 valence electrons. The number of anilines is 1. The van der Waals surface area contributed by atoms with E-state index >= 15 is 0 Å². The molecule has 7 nitrogen and oxygen atoms in total. The highest BCUT2D eigenvalue weighted by Crippen LogP contribution is 2.23. The van der Waals surface area contributed by atoms with E-state index in [-0.39, 0.29) is 17.7 Å². The van der Waals surface area contributed by atoms with Crippen LogP contribution in [0.25, 0.3) is 0 Å². The third-order valence-electron chi connectivity index (χ3n) is 4.81. The smallest absolute Gasteiger partial charge is 0.269 e. The lowest BCUT2D eigenvalue weighted by Crippen LogP contribution is -2.30. The lowest BCUT2D eigenvalue weighted by Gasteiger charge is -2.21. The van der Waals surface area contributed by atoms with Gasteiger partial charge in [0, 0.05) is 30.6 Å². The van der Waals surface area contributed by atoms with Crippen molar-refractivity contribution >= 4 is 40.4 Å². The Bertz CT molecular complexity index is 734. The molecule has 1 aliphatic heterocycles. The fourth-order valence-corrected chi connectivity index (χ4v) is 3.98. The number of carbonyl (C=O) groups is 3. The zero-order valence-corrected chi connectivity index (χ0v) is 16.0. The zero-order valence-electron chi connectivity index (χ0n) is 15.1. The molecule has 3 rings (SSSR count). The average molecular weight is 388 g/mol. The first kappa shape index (κ1) is 19.4. The summed E-state index contributed by atoms with van der Waals surface area (Å²) < 4.78 is 0. The van der Waals surface area contributed by atoms with Crippen molar-refractivity contribution < 1.29 is 14.4 Å². The van der Waals surface area contributed by atoms with Crippen molar-refractivity contribution in [3.8, 4) is 0 Å². The Balaban J connectivity index is 1.39. The number of nitrogens with one attached hydrogen (secondary N) is 2. The molecule has 1 aromatic rings. The first-order chi connectivity index (χ1) is 13.1. The van der Waals surface area contributed by atoms with Crippen molar-refractivity contribution in [2.24, 2.45) is 16.8 Å². The molecule has 1 atom stereocenters. The molecule has 27 heavy (non-hydrogen) atoms. The summed E-state index contributed by atoms with van der Waals surface area (Å²) in [6.45, 7) is 0.774. The van der Waals surface area contributed by atoms with Crippen LogP contribution in [-0.4, -0.2) is 35.5 Å². The highest BCUT2D eigenvalue weighted by atomic mass is 32.1. The number of hydrogen-bond donors (Lipinski definition) is 2. The maximum atomic E-state index is 12.1. The van der Waals surface area contributed by atoms with Crippen LogP contribution in [0.4, 0.5) is 5.13 Å². The molecule has 1 aliphatic carbocycles. The summed E-state index contributed by atoms with van der Waals surface area (Å²) in [6, 6.07) is 0. The molecule has 2 aliphatic rings. The number of nitrogens with zero attached hydrogens (tertiary/aromatic N) is 2. The van der Waals surface area contributed by atoms with Crippen LogP contribution in [0.2, 0.25) is 0 Å². The summed E-state index contributed by atoms with van der Waals surface area (Å²) in [5.41, 5.74) is 0.783. The van der Waals surface area contributed by atoms with Gasteiger partial charge in [-0.2, -0.15) is 0 Å². The highest BCUT2D eigenvalue weighted by molar-refractivity contribution is 7.13. The summed E-state index contributed by atoms with van der Waals surface area (Å²) in [4.78, 5) is 43.1. The second-order valence-corrected chi connectivity index (χ2v) is 7.80. The fraction of sp³-hybridized carbons (Fsp3) is 0.526. The van der Waals surface area contributed by atoms with Crippen LogP contribution in [0.1, 0.15) is 44.2 Å². The Morgan fingerprint density at radius 1 is 1.22 bits per heavy atom. The molecule has 1 aromatic heterocycles. The third-order valence-corrected chi connectivity index (χ3v) is 5.62. The van der Waals surface area contributed by atoms with E-state index in [0.717, 1.165) is 12.2 Å². The molecule has 1 unspecified atom stereocenters. The molecule has 2 heterocycles. The molecular formula is C19H24N4O3S. The van der Waals surface area contributed by atoms with Gasteiger partial charge in [0.2, 0.25) is 11.8 Å². The van der Waals surface area contributed by atoms with E-state index in [1.54, 1.807) is 0 Å². The minimum absolute atomic E-state index is 0.0485. The predicted octanol–water partition coefficient (Wildman–Crippen LogP) is 2.49. The largest absolute Gasteiger partial charge is 0.356 e. The van der Waals surface area contributed by atoms with E-state index in [2.05, 4.69) is 20.6 Å². The zero-order chi connectivity index (χ0) is 19.1. The van der Waals surface area contributed by atoms with Gasteiger partial charge in [0.1, 0.15) is 0 Å². The van der Waals surface area contributed by atoms with E-state index in [4.69, 9.17) is 0 Å². The standard InChI is InChI=1S/C19H24N4O3S/c24-16-8-6-14(11-21-16)18(26)23-19-22-15(12-27-19)7-9-17(25)20-10-13-4-2-1-3-5-13/h6,8,11-14H,1-5,7,9-10H2,(H,20,25)(H,22,23,26). The monoisotopic (exact) mass is 388 g/mol. The Hall–Kier alpha value is -2.35. The van der Waals surface area contributed by atoms with Crippen molar-refractivity contribution in [1.82, 2.24) is 10.3 Å². The van der Waals surface area contributed by atoms with Gasteiger partial charge >= 0.3 is 0 Å². The minimum Gasteiger partial charge on any atom is -0.356 e. The van der Waals surface area contributed by atoms with Crippen molar-refractivity contribution in [3.05, 3.63) is 23.2 Å². The molecule has 3 amide bonds. The molecule has 0 bridgehead atoms. The van der Waals surface area contributed by atoms with Crippen LogP contribution >= 0.6 is 11.3 Å². The molecule has 8 heteroatoms. The minimum atomic E-state index is -0.569. The Morgan fingerprint density at radius 3 is 2.78 bits per heavy atom. The number of thiazole rings is 1. The van der Waals surface area contributed by atoms with Crippen LogP contribution in [0, 0.1) is 11.8 Å². The van der Waals surface area contributed by atoms with Gasteiger partial charge in [0.15, 0.2) is 5.13 Å². The van der Waals surface area contributed by atoms with Crippen LogP contribution in [0.5, 0.6) is 0 Å². The maximum Gasteiger partial charge on any atom is 0.269 e. The van der Waals surface area contributed by atoms with Crippen LogP contribution < -0.4 is 10.6 Å². The molecule has 2 N–H and O–H groups in total. The number of hydrogen-bond acceptors (Lipinski definition) is 5. The van der Waals surface area contributed by atoms with Gasteiger partial charge in [-0.05, 0) is 25.2 Å². The molecule has 1 fully saturated rings. The molecular weight excluding hydrogens is 364 g/mol. The normalized spacial score (nSPS) is 19.9. The van der Waals surface area contributed by atoms with Crippen LogP contribution in [0.15, 0.2) is 22.5 Å². The molecule has 0 radical (unpaired) electrons. The van der Waals surface area contributed by atoms with E-state index in [1.807, 2.05) is 5.38 Å². The van der Waals surface area contributed by atoms with Crippen molar-refractivity contribution in [2.75, 3.05) is 11.9 Å². The third kappa shape index (κ3) is 6.09. The molecule has 0 aromatic carbocycles. The summed E-state index contributed by atoms with van der Waals surface area (Å²) in [7, 11) is 0. The lowest BCUT2D eigenvalue weighted by atomic mass is 9.89. The highest BCUT2D eigenvalue weighted by Gasteiger charge is 2.18. The van der Waals surface area contributed by atoms with Crippen molar-refractivity contribution in [3.63, 3.8) is 0 Å². The average Bonchev–Trinajstić information content (AvgIpc) is 3.13. The van der Waals surface area contributed by atoms with Crippen LogP contribution in [0.3, 0.4) is 0 Å². The van der Waals surface area contributed by atoms with Gasteiger partial charge in [-0.3, -0.25) is 14.4 Å². The lowest BCUT2D eigenvalue weighted by molar-refractivity contribution is -0.121. The molecule has 0 saturated heterocycles. The van der Waals surface area contributed by atoms with Crippen LogP contribution in [-0.2, 0) is 20.8 Å². The number of dihydropyridines is 1. The number of rotatable bonds is 7. The van der Waals surface area contributed by atoms with Gasteiger partial charge < -0.3 is 10.6 Å². The quantitative estimate of drug-likeness (QED) is 0.749. The molecule has 0 spiro atoms. The molecule has 1 saturated carbocycles. The number of aromatic nitrogens is 1. The SMILES string of the molecule is O=C1C=CC(C(=O)Nc2nc(CCC(=O)NCC3CCCCC3)cs2)C=N1. The second kappa shape index (κ2) is 9.55. The number of carbonyl (C=O) groups excluding carboxylic acids is 3. The summed E-state index contributed by atoms with van der Waals surface area (Å²) >= 11 is 1.32. The number of aliphatic imine (C=N–C) groups is 1. The Morgan fingerprint density at radius 2 is 2.04 bits per heavy atom. The number of amides is 3. The van der Waals surface area contributed by atoms with E-state index in [0.29, 0.717) is 23.9 Å². The van der Waals surface area contributed by atoms with Crippen molar-refractivity contribution in [2.45, 2.75) is 44.9 Å². The van der Waals surface area contributed by atoms with Gasteiger partial charge in [0.05, 0.1) is 11.6 Å². The predicted molar refractivity (Wildman–Crippen MR) is 105 cm³/mol.